The fourth-order valence-electron chi connectivity index (χ4n) is 7.02. The topological polar surface area (TPSA) is 80.7 Å². The van der Waals surface area contributed by atoms with Gasteiger partial charge in [-0.3, -0.25) is 14.4 Å². The number of hydrogen-bond acceptors (Lipinski definition) is 5. The van der Waals surface area contributed by atoms with Gasteiger partial charge < -0.3 is 9.84 Å². The second-order valence-corrected chi connectivity index (χ2v) is 10.3. The average Bonchev–Trinajstić information content (AvgIpc) is 2.98. The van der Waals surface area contributed by atoms with Crippen molar-refractivity contribution in [3.63, 3.8) is 0 Å². The standard InChI is InChI=1S/C23H28F2O5S/c1-4-18(28)30-22(19(29)31)8-6-13-14-10-16(24)15-9-12(26)5-7-20(15,2)23(14,25)17(27)11-21(13,22)3/h5,7,9,13-14,16-17,27H,4,6,8,10-11H2,1-3H3,(H,29,31)/t13-,14-,16-,17-,20-,21-,22-,23-/m0/s1. The number of carbonyl (C=O) groups excluding carboxylic acids is 3. The lowest BCUT2D eigenvalue weighted by molar-refractivity contribution is -0.226. The number of alkyl halides is 2. The molecule has 8 heteroatoms. The highest BCUT2D eigenvalue weighted by Crippen LogP contribution is 2.70. The van der Waals surface area contributed by atoms with E-state index in [-0.39, 0.29) is 31.3 Å². The zero-order valence-corrected chi connectivity index (χ0v) is 18.8. The summed E-state index contributed by atoms with van der Waals surface area (Å²) in [7, 11) is 0. The fourth-order valence-corrected chi connectivity index (χ4v) is 7.43. The van der Waals surface area contributed by atoms with Crippen LogP contribution in [-0.4, -0.2) is 45.5 Å². The summed E-state index contributed by atoms with van der Waals surface area (Å²) in [6.45, 7) is 4.84. The molecule has 170 valence electrons. The van der Waals surface area contributed by atoms with Crippen molar-refractivity contribution in [3.05, 3.63) is 23.8 Å². The molecule has 0 radical (unpaired) electrons. The van der Waals surface area contributed by atoms with Gasteiger partial charge in [0.1, 0.15) is 6.17 Å². The second-order valence-electron chi connectivity index (χ2n) is 9.86. The van der Waals surface area contributed by atoms with Gasteiger partial charge in [-0.05, 0) is 56.3 Å². The maximum absolute atomic E-state index is 17.0. The quantitative estimate of drug-likeness (QED) is 0.504. The van der Waals surface area contributed by atoms with E-state index in [1.807, 2.05) is 0 Å². The molecule has 4 aliphatic rings. The maximum atomic E-state index is 17.0. The van der Waals surface area contributed by atoms with Crippen molar-refractivity contribution >= 4 is 29.5 Å². The van der Waals surface area contributed by atoms with Crippen molar-refractivity contribution < 1.29 is 33.0 Å². The van der Waals surface area contributed by atoms with Crippen molar-refractivity contribution in [1.82, 2.24) is 0 Å². The van der Waals surface area contributed by atoms with Crippen LogP contribution < -0.4 is 0 Å². The van der Waals surface area contributed by atoms with Crippen LogP contribution in [0.1, 0.15) is 52.9 Å². The number of aliphatic hydroxyl groups excluding tert-OH is 1. The molecule has 0 heterocycles. The van der Waals surface area contributed by atoms with Crippen molar-refractivity contribution in [2.45, 2.75) is 76.4 Å². The van der Waals surface area contributed by atoms with Crippen LogP contribution in [0.15, 0.2) is 23.8 Å². The summed E-state index contributed by atoms with van der Waals surface area (Å²) in [6.07, 6.45) is 0.815. The number of rotatable bonds is 3. The molecule has 0 amide bonds. The van der Waals surface area contributed by atoms with E-state index >= 15 is 8.78 Å². The molecule has 0 spiro atoms. The van der Waals surface area contributed by atoms with Crippen LogP contribution in [0.3, 0.4) is 0 Å². The summed E-state index contributed by atoms with van der Waals surface area (Å²) in [5.74, 6) is -2.41. The van der Waals surface area contributed by atoms with Gasteiger partial charge in [-0.1, -0.05) is 19.9 Å². The van der Waals surface area contributed by atoms with E-state index in [2.05, 4.69) is 12.6 Å². The summed E-state index contributed by atoms with van der Waals surface area (Å²) in [5.41, 5.74) is -6.36. The highest BCUT2D eigenvalue weighted by molar-refractivity contribution is 7.96. The van der Waals surface area contributed by atoms with Crippen molar-refractivity contribution in [1.29, 1.82) is 0 Å². The smallest absolute Gasteiger partial charge is 0.306 e. The molecule has 4 rings (SSSR count). The van der Waals surface area contributed by atoms with Crippen LogP contribution in [-0.2, 0) is 19.1 Å². The van der Waals surface area contributed by atoms with E-state index < -0.39 is 63.1 Å². The van der Waals surface area contributed by atoms with Crippen LogP contribution in [0, 0.1) is 22.7 Å². The average molecular weight is 455 g/mol. The summed E-state index contributed by atoms with van der Waals surface area (Å²) < 4.78 is 38.0. The Morgan fingerprint density at radius 3 is 2.61 bits per heavy atom. The van der Waals surface area contributed by atoms with Crippen molar-refractivity contribution in [2.24, 2.45) is 22.7 Å². The van der Waals surface area contributed by atoms with Gasteiger partial charge in [-0.15, -0.1) is 12.6 Å². The van der Waals surface area contributed by atoms with Gasteiger partial charge in [0, 0.05) is 23.2 Å². The molecule has 0 aromatic rings. The Hall–Kier alpha value is -1.54. The number of esters is 1. The summed E-state index contributed by atoms with van der Waals surface area (Å²) >= 11 is 4.03. The van der Waals surface area contributed by atoms with Crippen LogP contribution in [0.2, 0.25) is 0 Å². The Morgan fingerprint density at radius 1 is 1.32 bits per heavy atom. The number of hydrogen-bond donors (Lipinski definition) is 2. The van der Waals surface area contributed by atoms with Gasteiger partial charge in [0.2, 0.25) is 5.12 Å². The first kappa shape index (κ1) is 22.6. The van der Waals surface area contributed by atoms with E-state index in [9.17, 15) is 19.5 Å². The lowest BCUT2D eigenvalue weighted by Gasteiger charge is -2.63. The molecular formula is C23H28F2O5S. The zero-order valence-electron chi connectivity index (χ0n) is 17.9. The SMILES string of the molecule is CCC(=O)O[C@]1(C(=O)S)CC[C@H]2[C@@H]3C[C@H](F)C4=CC(=O)C=C[C@]4(C)[C@@]3(F)[C@@H](O)C[C@@]21C. The Labute approximate surface area is 185 Å². The minimum Gasteiger partial charge on any atom is -0.449 e. The van der Waals surface area contributed by atoms with Crippen molar-refractivity contribution in [2.75, 3.05) is 0 Å². The normalized spacial score (nSPS) is 48.4. The third-order valence-corrected chi connectivity index (χ3v) is 9.03. The predicted octanol–water partition coefficient (Wildman–Crippen LogP) is 3.45. The van der Waals surface area contributed by atoms with Gasteiger partial charge in [-0.25, -0.2) is 8.78 Å². The van der Waals surface area contributed by atoms with Gasteiger partial charge >= 0.3 is 5.97 Å². The summed E-state index contributed by atoms with van der Waals surface area (Å²) in [4.78, 5) is 36.8. The van der Waals surface area contributed by atoms with Crippen LogP contribution in [0.25, 0.3) is 0 Å². The van der Waals surface area contributed by atoms with Crippen molar-refractivity contribution in [3.8, 4) is 0 Å². The first-order chi connectivity index (χ1) is 14.4. The highest BCUT2D eigenvalue weighted by atomic mass is 32.1. The van der Waals surface area contributed by atoms with E-state index in [1.54, 1.807) is 13.8 Å². The monoisotopic (exact) mass is 454 g/mol. The molecule has 3 saturated carbocycles. The lowest BCUT2D eigenvalue weighted by Crippen LogP contribution is -2.70. The van der Waals surface area contributed by atoms with Gasteiger partial charge in [0.25, 0.3) is 0 Å². The Morgan fingerprint density at radius 2 is 2.00 bits per heavy atom. The first-order valence-corrected chi connectivity index (χ1v) is 11.2. The van der Waals surface area contributed by atoms with Gasteiger partial charge in [-0.2, -0.15) is 0 Å². The molecule has 0 aromatic carbocycles. The molecule has 0 unspecified atom stereocenters. The van der Waals surface area contributed by atoms with E-state index in [4.69, 9.17) is 4.74 Å². The van der Waals surface area contributed by atoms with Gasteiger partial charge in [0.15, 0.2) is 17.1 Å². The number of allylic oxidation sites excluding steroid dienone is 4. The Balaban J connectivity index is 1.84. The van der Waals surface area contributed by atoms with Crippen LogP contribution >= 0.6 is 12.6 Å². The largest absolute Gasteiger partial charge is 0.449 e. The zero-order chi connectivity index (χ0) is 23.0. The fraction of sp³-hybridized carbons (Fsp3) is 0.696. The number of ketones is 1. The predicted molar refractivity (Wildman–Crippen MR) is 112 cm³/mol. The molecule has 0 aliphatic heterocycles. The number of thiol groups is 1. The molecular weight excluding hydrogens is 426 g/mol. The number of fused-ring (bicyclic) bond motifs is 5. The molecule has 5 nitrogen and oxygen atoms in total. The first-order valence-electron chi connectivity index (χ1n) is 10.8. The molecule has 0 bridgehead atoms. The highest BCUT2D eigenvalue weighted by Gasteiger charge is 2.76. The Kier molecular flexibility index (Phi) is 5.10. The number of aliphatic hydroxyl groups is 1. The van der Waals surface area contributed by atoms with Gasteiger partial charge in [0.05, 0.1) is 6.10 Å². The molecule has 0 aromatic heterocycles. The molecule has 0 saturated heterocycles. The van der Waals surface area contributed by atoms with E-state index in [0.717, 1.165) is 6.08 Å². The van der Waals surface area contributed by atoms with Crippen LogP contribution in [0.4, 0.5) is 8.78 Å². The third-order valence-electron chi connectivity index (χ3n) is 8.67. The summed E-state index contributed by atoms with van der Waals surface area (Å²) in [5, 5.41) is 10.6. The minimum atomic E-state index is -2.23. The number of ether oxygens (including phenoxy) is 1. The number of carbonyl (C=O) groups is 3. The minimum absolute atomic E-state index is 0.0494. The Bertz CT molecular complexity index is 918. The summed E-state index contributed by atoms with van der Waals surface area (Å²) in [6, 6.07) is 0. The molecule has 1 N–H and O–H groups in total. The second kappa shape index (κ2) is 6.98. The third kappa shape index (κ3) is 2.67. The molecule has 4 aliphatic carbocycles. The maximum Gasteiger partial charge on any atom is 0.306 e. The van der Waals surface area contributed by atoms with Crippen LogP contribution in [0.5, 0.6) is 0 Å². The molecule has 3 fully saturated rings. The number of halogens is 2. The van der Waals surface area contributed by atoms with E-state index in [0.29, 0.717) is 6.42 Å². The molecule has 8 atom stereocenters. The van der Waals surface area contributed by atoms with E-state index in [1.165, 1.54) is 19.1 Å². The molecule has 31 heavy (non-hydrogen) atoms. The lowest BCUT2D eigenvalue weighted by atomic mass is 9.44.